The van der Waals surface area contributed by atoms with Crippen LogP contribution < -0.4 is 0 Å². The first-order chi connectivity index (χ1) is 9.90. The predicted molar refractivity (Wildman–Crippen MR) is 86.8 cm³/mol. The number of unbranched alkanes of at least 4 members (excludes halogenated alkanes) is 5. The van der Waals surface area contributed by atoms with Crippen molar-refractivity contribution < 1.29 is 0 Å². The second-order valence-corrected chi connectivity index (χ2v) is 5.46. The van der Waals surface area contributed by atoms with Crippen LogP contribution in [0.2, 0.25) is 0 Å². The molecule has 2 rings (SSSR count). The minimum absolute atomic E-state index is 1.19. The molecule has 2 aromatic rings. The topological polar surface area (TPSA) is 12.9 Å². The van der Waals surface area contributed by atoms with Gasteiger partial charge in [0.25, 0.3) is 0 Å². The van der Waals surface area contributed by atoms with E-state index in [1.54, 1.807) is 0 Å². The SMILES string of the molecule is CCCCCCCCc1ccc(-c2cccnc2)cc1. The van der Waals surface area contributed by atoms with E-state index in [-0.39, 0.29) is 0 Å². The van der Waals surface area contributed by atoms with Gasteiger partial charge in [-0.25, -0.2) is 0 Å². The molecule has 0 aliphatic carbocycles. The summed E-state index contributed by atoms with van der Waals surface area (Å²) in [7, 11) is 0. The van der Waals surface area contributed by atoms with Crippen molar-refractivity contribution in [3.8, 4) is 11.1 Å². The van der Waals surface area contributed by atoms with Crippen molar-refractivity contribution in [2.24, 2.45) is 0 Å². The van der Waals surface area contributed by atoms with Gasteiger partial charge in [0.2, 0.25) is 0 Å². The van der Waals surface area contributed by atoms with Crippen molar-refractivity contribution >= 4 is 0 Å². The van der Waals surface area contributed by atoms with E-state index in [4.69, 9.17) is 0 Å². The summed E-state index contributed by atoms with van der Waals surface area (Å²) in [6.45, 7) is 2.27. The number of rotatable bonds is 8. The number of benzene rings is 1. The van der Waals surface area contributed by atoms with E-state index in [0.29, 0.717) is 0 Å². The first kappa shape index (κ1) is 14.8. The lowest BCUT2D eigenvalue weighted by atomic mass is 10.0. The fraction of sp³-hybridized carbons (Fsp3) is 0.421. The van der Waals surface area contributed by atoms with Crippen LogP contribution in [-0.4, -0.2) is 4.98 Å². The van der Waals surface area contributed by atoms with Crippen LogP contribution in [0, 0.1) is 0 Å². The summed E-state index contributed by atoms with van der Waals surface area (Å²) in [4.78, 5) is 4.17. The maximum Gasteiger partial charge on any atom is 0.0346 e. The highest BCUT2D eigenvalue weighted by Gasteiger charge is 1.98. The molecule has 0 unspecified atom stereocenters. The maximum atomic E-state index is 4.17. The molecule has 0 spiro atoms. The van der Waals surface area contributed by atoms with Crippen LogP contribution in [0.1, 0.15) is 51.0 Å². The molecule has 0 bridgehead atoms. The van der Waals surface area contributed by atoms with E-state index in [9.17, 15) is 0 Å². The van der Waals surface area contributed by atoms with Gasteiger partial charge >= 0.3 is 0 Å². The Hall–Kier alpha value is -1.63. The minimum Gasteiger partial charge on any atom is -0.264 e. The molecule has 0 fully saturated rings. The van der Waals surface area contributed by atoms with E-state index >= 15 is 0 Å². The number of aryl methyl sites for hydroxylation is 1. The number of hydrogen-bond acceptors (Lipinski definition) is 1. The first-order valence-electron chi connectivity index (χ1n) is 7.89. The van der Waals surface area contributed by atoms with Gasteiger partial charge < -0.3 is 0 Å². The highest BCUT2D eigenvalue weighted by molar-refractivity contribution is 5.62. The van der Waals surface area contributed by atoms with Crippen LogP contribution in [0.3, 0.4) is 0 Å². The third kappa shape index (κ3) is 4.80. The first-order valence-corrected chi connectivity index (χ1v) is 7.89. The Labute approximate surface area is 123 Å². The highest BCUT2D eigenvalue weighted by Crippen LogP contribution is 2.19. The molecule has 1 aromatic carbocycles. The molecule has 0 atom stereocenters. The van der Waals surface area contributed by atoms with Gasteiger partial charge in [0.05, 0.1) is 0 Å². The molecular weight excluding hydrogens is 242 g/mol. The molecule has 0 N–H and O–H groups in total. The quantitative estimate of drug-likeness (QED) is 0.563. The average molecular weight is 267 g/mol. The molecule has 1 heteroatoms. The fourth-order valence-corrected chi connectivity index (χ4v) is 2.51. The molecule has 1 nitrogen and oxygen atoms in total. The van der Waals surface area contributed by atoms with Gasteiger partial charge in [0, 0.05) is 12.4 Å². The van der Waals surface area contributed by atoms with Crippen molar-refractivity contribution in [3.05, 3.63) is 54.4 Å². The molecular formula is C19H25N. The van der Waals surface area contributed by atoms with Crippen LogP contribution in [0.25, 0.3) is 11.1 Å². The van der Waals surface area contributed by atoms with Crippen molar-refractivity contribution in [2.75, 3.05) is 0 Å². The number of pyridine rings is 1. The molecule has 0 aliphatic rings. The van der Waals surface area contributed by atoms with Crippen LogP contribution in [0.4, 0.5) is 0 Å². The number of aromatic nitrogens is 1. The van der Waals surface area contributed by atoms with Crippen LogP contribution in [-0.2, 0) is 6.42 Å². The van der Waals surface area contributed by atoms with Crippen molar-refractivity contribution in [2.45, 2.75) is 51.9 Å². The van der Waals surface area contributed by atoms with Crippen LogP contribution in [0.5, 0.6) is 0 Å². The van der Waals surface area contributed by atoms with Gasteiger partial charge in [0.15, 0.2) is 0 Å². The second-order valence-electron chi connectivity index (χ2n) is 5.46. The van der Waals surface area contributed by atoms with Crippen molar-refractivity contribution in [1.82, 2.24) is 4.98 Å². The number of hydrogen-bond donors (Lipinski definition) is 0. The lowest BCUT2D eigenvalue weighted by molar-refractivity contribution is 0.607. The van der Waals surface area contributed by atoms with E-state index < -0.39 is 0 Å². The lowest BCUT2D eigenvalue weighted by Crippen LogP contribution is -1.87. The molecule has 0 saturated carbocycles. The van der Waals surface area contributed by atoms with Gasteiger partial charge in [0.1, 0.15) is 0 Å². The molecule has 20 heavy (non-hydrogen) atoms. The van der Waals surface area contributed by atoms with Crippen LogP contribution in [0.15, 0.2) is 48.8 Å². The minimum atomic E-state index is 1.19. The van der Waals surface area contributed by atoms with Crippen LogP contribution >= 0.6 is 0 Å². The second kappa shape index (κ2) is 8.52. The Morgan fingerprint density at radius 1 is 0.800 bits per heavy atom. The lowest BCUT2D eigenvalue weighted by Gasteiger charge is -2.04. The van der Waals surface area contributed by atoms with E-state index in [1.807, 2.05) is 18.5 Å². The largest absolute Gasteiger partial charge is 0.264 e. The molecule has 0 radical (unpaired) electrons. The maximum absolute atomic E-state index is 4.17. The van der Waals surface area contributed by atoms with Crippen molar-refractivity contribution in [3.63, 3.8) is 0 Å². The molecule has 0 aliphatic heterocycles. The standard InChI is InChI=1S/C19H25N/c1-2-3-4-5-6-7-9-17-11-13-18(14-12-17)19-10-8-15-20-16-19/h8,10-16H,2-7,9H2,1H3. The zero-order valence-electron chi connectivity index (χ0n) is 12.5. The molecule has 1 heterocycles. The Morgan fingerprint density at radius 3 is 2.25 bits per heavy atom. The zero-order valence-corrected chi connectivity index (χ0v) is 12.5. The highest BCUT2D eigenvalue weighted by atomic mass is 14.6. The number of nitrogens with zero attached hydrogens (tertiary/aromatic N) is 1. The Balaban J connectivity index is 1.77. The summed E-state index contributed by atoms with van der Waals surface area (Å²) in [6, 6.07) is 13.0. The Morgan fingerprint density at radius 2 is 1.55 bits per heavy atom. The Bertz CT molecular complexity index is 473. The smallest absolute Gasteiger partial charge is 0.0346 e. The predicted octanol–water partition coefficient (Wildman–Crippen LogP) is 5.65. The molecule has 0 amide bonds. The summed E-state index contributed by atoms with van der Waals surface area (Å²) >= 11 is 0. The molecule has 106 valence electrons. The van der Waals surface area contributed by atoms with Gasteiger partial charge in [-0.15, -0.1) is 0 Å². The molecule has 0 saturated heterocycles. The monoisotopic (exact) mass is 267 g/mol. The summed E-state index contributed by atoms with van der Waals surface area (Å²) in [5, 5.41) is 0. The van der Waals surface area contributed by atoms with Gasteiger partial charge in [-0.1, -0.05) is 69.4 Å². The third-order valence-electron chi connectivity index (χ3n) is 3.77. The summed E-state index contributed by atoms with van der Waals surface area (Å²) in [5.74, 6) is 0. The Kier molecular flexibility index (Phi) is 6.30. The van der Waals surface area contributed by atoms with E-state index in [0.717, 1.165) is 0 Å². The third-order valence-corrected chi connectivity index (χ3v) is 3.77. The van der Waals surface area contributed by atoms with E-state index in [2.05, 4.69) is 42.2 Å². The average Bonchev–Trinajstić information content (AvgIpc) is 2.52. The zero-order chi connectivity index (χ0) is 14.0. The van der Waals surface area contributed by atoms with Gasteiger partial charge in [-0.3, -0.25) is 4.98 Å². The molecule has 1 aromatic heterocycles. The summed E-state index contributed by atoms with van der Waals surface area (Å²) in [5.41, 5.74) is 3.90. The summed E-state index contributed by atoms with van der Waals surface area (Å²) < 4.78 is 0. The van der Waals surface area contributed by atoms with Gasteiger partial charge in [-0.2, -0.15) is 0 Å². The normalized spacial score (nSPS) is 10.7. The fourth-order valence-electron chi connectivity index (χ4n) is 2.51. The van der Waals surface area contributed by atoms with E-state index in [1.165, 1.54) is 61.6 Å². The van der Waals surface area contributed by atoms with Crippen molar-refractivity contribution in [1.29, 1.82) is 0 Å². The van der Waals surface area contributed by atoms with Gasteiger partial charge in [-0.05, 0) is 35.6 Å². The summed E-state index contributed by atoms with van der Waals surface area (Å²) in [6.07, 6.45) is 13.1.